The molecule has 0 heterocycles. The molecular formula is C9H17NO3S. The monoisotopic (exact) mass is 219 g/mol. The summed E-state index contributed by atoms with van der Waals surface area (Å²) in [6.07, 6.45) is 3.57. The van der Waals surface area contributed by atoms with E-state index in [0.29, 0.717) is 5.92 Å². The summed E-state index contributed by atoms with van der Waals surface area (Å²) < 4.78 is 24.7. The van der Waals surface area contributed by atoms with E-state index in [0.717, 1.165) is 12.8 Å². The van der Waals surface area contributed by atoms with E-state index < -0.39 is 10.0 Å². The van der Waals surface area contributed by atoms with Crippen molar-refractivity contribution in [1.29, 1.82) is 0 Å². The third-order valence-electron chi connectivity index (χ3n) is 2.22. The van der Waals surface area contributed by atoms with Crippen molar-refractivity contribution in [3.05, 3.63) is 12.7 Å². The Labute approximate surface area is 85.3 Å². The van der Waals surface area contributed by atoms with Crippen molar-refractivity contribution in [3.63, 3.8) is 0 Å². The zero-order valence-electron chi connectivity index (χ0n) is 8.22. The maximum absolute atomic E-state index is 11.7. The van der Waals surface area contributed by atoms with Crippen LogP contribution in [0.5, 0.6) is 0 Å². The van der Waals surface area contributed by atoms with Crippen LogP contribution in [0.4, 0.5) is 0 Å². The zero-order valence-corrected chi connectivity index (χ0v) is 9.04. The molecule has 1 N–H and O–H groups in total. The lowest BCUT2D eigenvalue weighted by Gasteiger charge is -2.19. The Morgan fingerprint density at radius 1 is 1.50 bits per heavy atom. The molecule has 5 heteroatoms. The number of hydrogen-bond donors (Lipinski definition) is 1. The van der Waals surface area contributed by atoms with Gasteiger partial charge >= 0.3 is 0 Å². The van der Waals surface area contributed by atoms with Crippen LogP contribution < -0.4 is 0 Å². The van der Waals surface area contributed by atoms with Gasteiger partial charge in [0.05, 0.1) is 12.4 Å². The summed E-state index contributed by atoms with van der Waals surface area (Å²) in [5, 5.41) is 8.74. The highest BCUT2D eigenvalue weighted by Gasteiger charge is 2.31. The van der Waals surface area contributed by atoms with Gasteiger partial charge in [0.1, 0.15) is 0 Å². The van der Waals surface area contributed by atoms with Crippen LogP contribution in [0, 0.1) is 5.92 Å². The number of nitrogens with zero attached hydrogens (tertiary/aromatic N) is 1. The summed E-state index contributed by atoms with van der Waals surface area (Å²) in [7, 11) is -3.18. The van der Waals surface area contributed by atoms with Crippen LogP contribution in [0.3, 0.4) is 0 Å². The second-order valence-electron chi connectivity index (χ2n) is 3.59. The Morgan fingerprint density at radius 3 is 2.57 bits per heavy atom. The molecule has 0 aromatic carbocycles. The van der Waals surface area contributed by atoms with Crippen molar-refractivity contribution >= 4 is 10.0 Å². The summed E-state index contributed by atoms with van der Waals surface area (Å²) in [5.74, 6) is 0.562. The third-order valence-corrected chi connectivity index (χ3v) is 4.23. The highest BCUT2D eigenvalue weighted by molar-refractivity contribution is 7.89. The first-order valence-corrected chi connectivity index (χ1v) is 6.40. The van der Waals surface area contributed by atoms with E-state index in [2.05, 4.69) is 6.58 Å². The van der Waals surface area contributed by atoms with Crippen LogP contribution in [-0.2, 0) is 10.0 Å². The molecule has 1 aliphatic rings. The molecule has 0 bridgehead atoms. The maximum atomic E-state index is 11.7. The molecule has 0 atom stereocenters. The maximum Gasteiger partial charge on any atom is 0.214 e. The fraction of sp³-hybridized carbons (Fsp3) is 0.778. The Bertz CT molecular complexity index is 282. The molecule has 0 saturated heterocycles. The molecule has 82 valence electrons. The van der Waals surface area contributed by atoms with E-state index in [1.54, 1.807) is 6.08 Å². The van der Waals surface area contributed by atoms with Gasteiger partial charge in [-0.15, -0.1) is 6.58 Å². The molecule has 0 aromatic rings. The van der Waals surface area contributed by atoms with Crippen LogP contribution in [0.25, 0.3) is 0 Å². The fourth-order valence-corrected chi connectivity index (χ4v) is 3.12. The van der Waals surface area contributed by atoms with Crippen molar-refractivity contribution in [1.82, 2.24) is 4.31 Å². The number of sulfonamides is 1. The Hall–Kier alpha value is -0.390. The van der Waals surface area contributed by atoms with E-state index in [1.807, 2.05) is 0 Å². The molecule has 1 saturated carbocycles. The molecular weight excluding hydrogens is 202 g/mol. The van der Waals surface area contributed by atoms with Gasteiger partial charge in [-0.25, -0.2) is 8.42 Å². The standard InChI is InChI=1S/C9H17NO3S/c1-2-5-10(6-7-11)14(12,13)8-9-3-4-9/h2,9,11H,1,3-8H2. The molecule has 0 unspecified atom stereocenters. The summed E-state index contributed by atoms with van der Waals surface area (Å²) in [5.41, 5.74) is 0. The lowest BCUT2D eigenvalue weighted by atomic mass is 10.5. The van der Waals surface area contributed by atoms with E-state index in [1.165, 1.54) is 4.31 Å². The van der Waals surface area contributed by atoms with E-state index in [4.69, 9.17) is 5.11 Å². The first-order chi connectivity index (χ1) is 6.60. The Morgan fingerprint density at radius 2 is 2.14 bits per heavy atom. The SMILES string of the molecule is C=CCN(CCO)S(=O)(=O)CC1CC1. The van der Waals surface area contributed by atoms with Crippen LogP contribution in [0.1, 0.15) is 12.8 Å². The smallest absolute Gasteiger partial charge is 0.214 e. The van der Waals surface area contributed by atoms with Gasteiger partial charge in [-0.2, -0.15) is 4.31 Å². The highest BCUT2D eigenvalue weighted by Crippen LogP contribution is 2.31. The van der Waals surface area contributed by atoms with Crippen LogP contribution in [0.2, 0.25) is 0 Å². The largest absolute Gasteiger partial charge is 0.395 e. The van der Waals surface area contributed by atoms with Gasteiger partial charge in [0.15, 0.2) is 0 Å². The molecule has 0 amide bonds. The molecule has 0 spiro atoms. The highest BCUT2D eigenvalue weighted by atomic mass is 32.2. The average Bonchev–Trinajstić information content (AvgIpc) is 2.87. The summed E-state index contributed by atoms with van der Waals surface area (Å²) in [6.45, 7) is 3.82. The minimum absolute atomic E-state index is 0.141. The van der Waals surface area contributed by atoms with Crippen LogP contribution in [0.15, 0.2) is 12.7 Å². The molecule has 1 aliphatic carbocycles. The fourth-order valence-electron chi connectivity index (χ4n) is 1.29. The van der Waals surface area contributed by atoms with Gasteiger partial charge in [-0.1, -0.05) is 6.08 Å². The summed E-state index contributed by atoms with van der Waals surface area (Å²) in [6, 6.07) is 0. The molecule has 0 aliphatic heterocycles. The predicted molar refractivity (Wildman–Crippen MR) is 55.4 cm³/mol. The Balaban J connectivity index is 2.57. The van der Waals surface area contributed by atoms with E-state index in [9.17, 15) is 8.42 Å². The van der Waals surface area contributed by atoms with Gasteiger partial charge in [0.25, 0.3) is 0 Å². The molecule has 4 nitrogen and oxygen atoms in total. The first kappa shape index (κ1) is 11.7. The first-order valence-electron chi connectivity index (χ1n) is 4.79. The normalized spacial score (nSPS) is 17.3. The van der Waals surface area contributed by atoms with Gasteiger partial charge in [0.2, 0.25) is 10.0 Å². The van der Waals surface area contributed by atoms with Crippen molar-refractivity contribution < 1.29 is 13.5 Å². The zero-order chi connectivity index (χ0) is 10.6. The Kier molecular flexibility index (Phi) is 4.10. The summed E-state index contributed by atoms with van der Waals surface area (Å²) in [4.78, 5) is 0. The topological polar surface area (TPSA) is 57.6 Å². The lowest BCUT2D eigenvalue weighted by Crippen LogP contribution is -2.35. The van der Waals surface area contributed by atoms with Crippen LogP contribution >= 0.6 is 0 Å². The second-order valence-corrected chi connectivity index (χ2v) is 5.61. The lowest BCUT2D eigenvalue weighted by molar-refractivity contribution is 0.260. The van der Waals surface area contributed by atoms with E-state index in [-0.39, 0.29) is 25.4 Å². The number of aliphatic hydroxyl groups excluding tert-OH is 1. The third kappa shape index (κ3) is 3.40. The van der Waals surface area contributed by atoms with Gasteiger partial charge in [-0.3, -0.25) is 0 Å². The van der Waals surface area contributed by atoms with E-state index >= 15 is 0 Å². The minimum atomic E-state index is -3.18. The quantitative estimate of drug-likeness (QED) is 0.623. The predicted octanol–water partition coefficient (Wildman–Crippen LogP) is 0.206. The van der Waals surface area contributed by atoms with Crippen molar-refractivity contribution in [2.75, 3.05) is 25.4 Å². The van der Waals surface area contributed by atoms with Crippen LogP contribution in [-0.4, -0.2) is 43.3 Å². The number of aliphatic hydroxyl groups is 1. The average molecular weight is 219 g/mol. The van der Waals surface area contributed by atoms with Gasteiger partial charge in [0, 0.05) is 13.1 Å². The van der Waals surface area contributed by atoms with Gasteiger partial charge in [-0.05, 0) is 18.8 Å². The van der Waals surface area contributed by atoms with Crippen molar-refractivity contribution in [2.45, 2.75) is 12.8 Å². The molecule has 0 radical (unpaired) electrons. The van der Waals surface area contributed by atoms with Crippen molar-refractivity contribution in [2.24, 2.45) is 5.92 Å². The minimum Gasteiger partial charge on any atom is -0.395 e. The molecule has 0 aromatic heterocycles. The molecule has 14 heavy (non-hydrogen) atoms. The van der Waals surface area contributed by atoms with Gasteiger partial charge < -0.3 is 5.11 Å². The summed E-state index contributed by atoms with van der Waals surface area (Å²) >= 11 is 0. The number of hydrogen-bond acceptors (Lipinski definition) is 3. The molecule has 1 fully saturated rings. The van der Waals surface area contributed by atoms with Crippen molar-refractivity contribution in [3.8, 4) is 0 Å². The second kappa shape index (κ2) is 4.91. The number of rotatable bonds is 7. The molecule has 1 rings (SSSR count).